The molecule has 0 radical (unpaired) electrons. The van der Waals surface area contributed by atoms with Crippen molar-refractivity contribution in [1.82, 2.24) is 5.32 Å². The molecule has 31 heavy (non-hydrogen) atoms. The van der Waals surface area contributed by atoms with Gasteiger partial charge >= 0.3 is 0 Å². The molecule has 7 heteroatoms. The first kappa shape index (κ1) is 22.4. The summed E-state index contributed by atoms with van der Waals surface area (Å²) < 4.78 is 33.4. The minimum atomic E-state index is -3.74. The molecule has 2 N–H and O–H groups in total. The third-order valence-electron chi connectivity index (χ3n) is 4.61. The Morgan fingerprint density at radius 2 is 1.55 bits per heavy atom. The molecule has 6 nitrogen and oxygen atoms in total. The number of aryl methyl sites for hydroxylation is 2. The number of carbonyl (C=O) groups is 1. The van der Waals surface area contributed by atoms with Gasteiger partial charge in [0.15, 0.2) is 0 Å². The van der Waals surface area contributed by atoms with Gasteiger partial charge in [0.1, 0.15) is 12.4 Å². The topological polar surface area (TPSA) is 84.5 Å². The number of hydrogen-bond acceptors (Lipinski definition) is 4. The first-order chi connectivity index (χ1) is 14.7. The third kappa shape index (κ3) is 6.33. The minimum Gasteiger partial charge on any atom is -0.491 e. The molecule has 3 rings (SSSR count). The summed E-state index contributed by atoms with van der Waals surface area (Å²) >= 11 is 0. The Hall–Kier alpha value is -3.32. The second-order valence-electron chi connectivity index (χ2n) is 7.50. The summed E-state index contributed by atoms with van der Waals surface area (Å²) in [6.07, 6.45) is 0. The Morgan fingerprint density at radius 3 is 2.19 bits per heavy atom. The average molecular weight is 439 g/mol. The van der Waals surface area contributed by atoms with E-state index in [4.69, 9.17) is 4.74 Å². The number of amides is 1. The van der Waals surface area contributed by atoms with Crippen LogP contribution in [-0.2, 0) is 10.0 Å². The lowest BCUT2D eigenvalue weighted by molar-refractivity contribution is 0.0926. The fourth-order valence-corrected chi connectivity index (χ4v) is 3.91. The van der Waals surface area contributed by atoms with Crippen LogP contribution in [0.15, 0.2) is 77.7 Å². The van der Waals surface area contributed by atoms with Gasteiger partial charge in [0.25, 0.3) is 15.9 Å². The van der Waals surface area contributed by atoms with Gasteiger partial charge in [-0.15, -0.1) is 0 Å². The highest BCUT2D eigenvalue weighted by atomic mass is 32.2. The molecule has 0 saturated heterocycles. The summed E-state index contributed by atoms with van der Waals surface area (Å²) in [5, 5.41) is 2.86. The molecule has 3 aromatic rings. The van der Waals surface area contributed by atoms with E-state index in [1.54, 1.807) is 42.5 Å². The Bertz CT molecular complexity index is 1140. The Morgan fingerprint density at radius 1 is 0.935 bits per heavy atom. The largest absolute Gasteiger partial charge is 0.491 e. The number of sulfonamides is 1. The molecular formula is C24H26N2O4S. The van der Waals surface area contributed by atoms with Crippen LogP contribution in [-0.4, -0.2) is 27.0 Å². The predicted octanol–water partition coefficient (Wildman–Crippen LogP) is 4.30. The van der Waals surface area contributed by atoms with E-state index in [0.29, 0.717) is 17.9 Å². The van der Waals surface area contributed by atoms with Crippen LogP contribution < -0.4 is 14.8 Å². The lowest BCUT2D eigenvalue weighted by atomic mass is 10.2. The zero-order valence-corrected chi connectivity index (χ0v) is 18.6. The van der Waals surface area contributed by atoms with Crippen LogP contribution in [0.1, 0.15) is 28.4 Å². The normalized spacial score (nSPS) is 12.1. The molecule has 0 fully saturated rings. The van der Waals surface area contributed by atoms with Gasteiger partial charge in [-0.05, 0) is 63.2 Å². The maximum Gasteiger partial charge on any atom is 0.261 e. The van der Waals surface area contributed by atoms with Gasteiger partial charge in [-0.3, -0.25) is 9.52 Å². The lowest BCUT2D eigenvalue weighted by Crippen LogP contribution is -2.36. The fraction of sp³-hybridized carbons (Fsp3) is 0.208. The van der Waals surface area contributed by atoms with Crippen molar-refractivity contribution in [3.8, 4) is 5.75 Å². The van der Waals surface area contributed by atoms with E-state index in [1.807, 2.05) is 45.0 Å². The van der Waals surface area contributed by atoms with E-state index in [-0.39, 0.29) is 16.8 Å². The van der Waals surface area contributed by atoms with Crippen LogP contribution in [0.3, 0.4) is 0 Å². The van der Waals surface area contributed by atoms with Crippen LogP contribution >= 0.6 is 0 Å². The van der Waals surface area contributed by atoms with Crippen molar-refractivity contribution in [2.45, 2.75) is 31.7 Å². The summed E-state index contributed by atoms with van der Waals surface area (Å²) in [4.78, 5) is 12.8. The summed E-state index contributed by atoms with van der Waals surface area (Å²) in [5.41, 5.74) is 2.78. The van der Waals surface area contributed by atoms with Crippen LogP contribution in [0.25, 0.3) is 0 Å². The van der Waals surface area contributed by atoms with Gasteiger partial charge in [-0.25, -0.2) is 8.42 Å². The predicted molar refractivity (Wildman–Crippen MR) is 122 cm³/mol. The molecular weight excluding hydrogens is 412 g/mol. The van der Waals surface area contributed by atoms with Gasteiger partial charge in [0.05, 0.1) is 10.9 Å². The number of rotatable bonds is 8. The Labute approximate surface area is 183 Å². The summed E-state index contributed by atoms with van der Waals surface area (Å²) in [5.74, 6) is 0.426. The van der Waals surface area contributed by atoms with Crippen LogP contribution in [0.5, 0.6) is 5.75 Å². The highest BCUT2D eigenvalue weighted by molar-refractivity contribution is 7.92. The van der Waals surface area contributed by atoms with Crippen molar-refractivity contribution in [3.05, 3.63) is 89.5 Å². The smallest absolute Gasteiger partial charge is 0.261 e. The van der Waals surface area contributed by atoms with Gasteiger partial charge in [0, 0.05) is 11.3 Å². The zero-order chi connectivity index (χ0) is 22.4. The molecule has 0 saturated carbocycles. The number of ether oxygens (including phenoxy) is 1. The Balaban J connectivity index is 1.61. The molecule has 0 aliphatic heterocycles. The summed E-state index contributed by atoms with van der Waals surface area (Å²) in [6, 6.07) is 20.4. The second kappa shape index (κ2) is 9.66. The molecule has 0 aromatic heterocycles. The van der Waals surface area contributed by atoms with Gasteiger partial charge in [-0.2, -0.15) is 0 Å². The summed E-state index contributed by atoms with van der Waals surface area (Å²) in [7, 11) is -3.74. The summed E-state index contributed by atoms with van der Waals surface area (Å²) in [6.45, 7) is 6.05. The molecule has 0 heterocycles. The van der Waals surface area contributed by atoms with E-state index in [1.165, 1.54) is 6.07 Å². The van der Waals surface area contributed by atoms with E-state index in [9.17, 15) is 13.2 Å². The van der Waals surface area contributed by atoms with Crippen molar-refractivity contribution < 1.29 is 17.9 Å². The highest BCUT2D eigenvalue weighted by Crippen LogP contribution is 2.18. The first-order valence-electron chi connectivity index (χ1n) is 9.93. The monoisotopic (exact) mass is 438 g/mol. The van der Waals surface area contributed by atoms with Crippen molar-refractivity contribution in [1.29, 1.82) is 0 Å². The first-order valence-corrected chi connectivity index (χ1v) is 11.4. The van der Waals surface area contributed by atoms with Crippen molar-refractivity contribution in [3.63, 3.8) is 0 Å². The molecule has 3 aromatic carbocycles. The van der Waals surface area contributed by atoms with E-state index < -0.39 is 10.0 Å². The SMILES string of the molecule is Cc1ccc(OCC(C)NC(=O)c2cccc(NS(=O)(=O)c3ccc(C)cc3)c2)cc1. The second-order valence-corrected chi connectivity index (χ2v) is 9.18. The standard InChI is InChI=1S/C24H26N2O4S/c1-17-7-11-22(12-8-17)30-16-19(3)25-24(27)20-5-4-6-21(15-20)26-31(28,29)23-13-9-18(2)10-14-23/h4-15,19,26H,16H2,1-3H3,(H,25,27). The van der Waals surface area contributed by atoms with Gasteiger partial charge < -0.3 is 10.1 Å². The van der Waals surface area contributed by atoms with E-state index >= 15 is 0 Å². The average Bonchev–Trinajstić information content (AvgIpc) is 2.73. The number of carbonyl (C=O) groups excluding carboxylic acids is 1. The maximum atomic E-state index is 12.6. The number of benzene rings is 3. The lowest BCUT2D eigenvalue weighted by Gasteiger charge is -2.16. The Kier molecular flexibility index (Phi) is 6.97. The third-order valence-corrected chi connectivity index (χ3v) is 6.00. The minimum absolute atomic E-state index is 0.162. The molecule has 0 bridgehead atoms. The van der Waals surface area contributed by atoms with Crippen LogP contribution in [0.4, 0.5) is 5.69 Å². The zero-order valence-electron chi connectivity index (χ0n) is 17.8. The molecule has 1 amide bonds. The fourth-order valence-electron chi connectivity index (χ4n) is 2.86. The quantitative estimate of drug-likeness (QED) is 0.549. The van der Waals surface area contributed by atoms with Crippen molar-refractivity contribution >= 4 is 21.6 Å². The van der Waals surface area contributed by atoms with Crippen molar-refractivity contribution in [2.24, 2.45) is 0 Å². The molecule has 1 unspecified atom stereocenters. The van der Waals surface area contributed by atoms with Gasteiger partial charge in [-0.1, -0.05) is 41.5 Å². The molecule has 162 valence electrons. The van der Waals surface area contributed by atoms with Crippen LogP contribution in [0, 0.1) is 13.8 Å². The number of anilines is 1. The maximum absolute atomic E-state index is 12.6. The van der Waals surface area contributed by atoms with E-state index in [0.717, 1.165) is 16.9 Å². The molecule has 0 aliphatic carbocycles. The number of hydrogen-bond donors (Lipinski definition) is 2. The molecule has 0 spiro atoms. The molecule has 1 atom stereocenters. The highest BCUT2D eigenvalue weighted by Gasteiger charge is 2.16. The number of nitrogens with one attached hydrogen (secondary N) is 2. The van der Waals surface area contributed by atoms with Crippen LogP contribution in [0.2, 0.25) is 0 Å². The van der Waals surface area contributed by atoms with Gasteiger partial charge in [0.2, 0.25) is 0 Å². The van der Waals surface area contributed by atoms with Crippen molar-refractivity contribution in [2.75, 3.05) is 11.3 Å². The van der Waals surface area contributed by atoms with E-state index in [2.05, 4.69) is 10.0 Å². The molecule has 0 aliphatic rings.